The number of halogens is 2. The van der Waals surface area contributed by atoms with E-state index >= 15 is 0 Å². The summed E-state index contributed by atoms with van der Waals surface area (Å²) in [4.78, 5) is 18.3. The van der Waals surface area contributed by atoms with Gasteiger partial charge in [0.25, 0.3) is 5.91 Å². The van der Waals surface area contributed by atoms with Crippen molar-refractivity contribution in [1.29, 1.82) is 0 Å². The maximum Gasteiger partial charge on any atom is 0.268 e. The summed E-state index contributed by atoms with van der Waals surface area (Å²) in [5.41, 5.74) is 4.52. The number of para-hydroxylation sites is 1. The van der Waals surface area contributed by atoms with E-state index in [-0.39, 0.29) is 5.91 Å². The Labute approximate surface area is 195 Å². The molecule has 166 valence electrons. The molecule has 0 aliphatic carbocycles. The second kappa shape index (κ2) is 9.22. The number of hydrogen-bond donors (Lipinski definition) is 1. The largest absolute Gasteiger partial charge is 0.496 e. The number of aromatic nitrogens is 2. The van der Waals surface area contributed by atoms with E-state index in [4.69, 9.17) is 32.8 Å². The third-order valence-corrected chi connectivity index (χ3v) is 5.93. The van der Waals surface area contributed by atoms with E-state index in [1.54, 1.807) is 23.9 Å². The number of carbonyl (C=O) groups excluding carboxylic acids is 1. The Kier molecular flexibility index (Phi) is 6.39. The lowest BCUT2D eigenvalue weighted by atomic mass is 10.0. The van der Waals surface area contributed by atoms with E-state index in [0.29, 0.717) is 45.9 Å². The van der Waals surface area contributed by atoms with Gasteiger partial charge in [-0.2, -0.15) is 5.10 Å². The zero-order valence-electron chi connectivity index (χ0n) is 17.9. The SMILES string of the molecule is COc1ccccc1C1=NO[C@H](C(=O)Nc2c(C)nn(Cc3ccc(Cl)cc3Cl)c2C)C1. The Morgan fingerprint density at radius 2 is 2.03 bits per heavy atom. The van der Waals surface area contributed by atoms with Crippen molar-refractivity contribution in [3.63, 3.8) is 0 Å². The summed E-state index contributed by atoms with van der Waals surface area (Å²) in [7, 11) is 1.60. The van der Waals surface area contributed by atoms with Gasteiger partial charge in [0, 0.05) is 22.0 Å². The van der Waals surface area contributed by atoms with Crippen molar-refractivity contribution in [1.82, 2.24) is 9.78 Å². The summed E-state index contributed by atoms with van der Waals surface area (Å²) in [6.07, 6.45) is -0.387. The van der Waals surface area contributed by atoms with E-state index in [0.717, 1.165) is 16.8 Å². The summed E-state index contributed by atoms with van der Waals surface area (Å²) < 4.78 is 7.18. The molecule has 32 heavy (non-hydrogen) atoms. The highest BCUT2D eigenvalue weighted by Gasteiger charge is 2.31. The molecular formula is C23H22Cl2N4O3. The van der Waals surface area contributed by atoms with Crippen LogP contribution >= 0.6 is 23.2 Å². The molecule has 1 amide bonds. The van der Waals surface area contributed by atoms with E-state index in [2.05, 4.69) is 15.6 Å². The second-order valence-corrected chi connectivity index (χ2v) is 8.31. The van der Waals surface area contributed by atoms with Gasteiger partial charge in [-0.1, -0.05) is 46.6 Å². The summed E-state index contributed by atoms with van der Waals surface area (Å²) in [6.45, 7) is 4.19. The van der Waals surface area contributed by atoms with Crippen LogP contribution in [0.2, 0.25) is 10.0 Å². The van der Waals surface area contributed by atoms with Crippen LogP contribution in [0.1, 0.15) is 28.9 Å². The number of methoxy groups -OCH3 is 1. The average Bonchev–Trinajstić information content (AvgIpc) is 3.37. The molecule has 1 aromatic heterocycles. The van der Waals surface area contributed by atoms with Gasteiger partial charge < -0.3 is 14.9 Å². The van der Waals surface area contributed by atoms with Crippen molar-refractivity contribution < 1.29 is 14.4 Å². The van der Waals surface area contributed by atoms with Gasteiger partial charge in [0.1, 0.15) is 5.75 Å². The van der Waals surface area contributed by atoms with Crippen molar-refractivity contribution >= 4 is 40.5 Å². The van der Waals surface area contributed by atoms with Crippen LogP contribution in [0.4, 0.5) is 5.69 Å². The van der Waals surface area contributed by atoms with Gasteiger partial charge >= 0.3 is 0 Å². The Hall–Kier alpha value is -3.03. The minimum atomic E-state index is -0.734. The molecule has 3 aromatic rings. The van der Waals surface area contributed by atoms with Gasteiger partial charge in [-0.15, -0.1) is 0 Å². The first-order valence-electron chi connectivity index (χ1n) is 10.0. The van der Waals surface area contributed by atoms with Crippen LogP contribution in [0.15, 0.2) is 47.6 Å². The summed E-state index contributed by atoms with van der Waals surface area (Å²) in [6, 6.07) is 12.9. The van der Waals surface area contributed by atoms with Gasteiger partial charge in [-0.25, -0.2) is 0 Å². The van der Waals surface area contributed by atoms with Crippen LogP contribution in [0.3, 0.4) is 0 Å². The molecule has 0 fully saturated rings. The fourth-order valence-electron chi connectivity index (χ4n) is 3.61. The lowest BCUT2D eigenvalue weighted by molar-refractivity contribution is -0.125. The zero-order valence-corrected chi connectivity index (χ0v) is 19.4. The molecule has 1 aliphatic rings. The number of rotatable bonds is 6. The number of nitrogens with zero attached hydrogens (tertiary/aromatic N) is 3. The summed E-state index contributed by atoms with van der Waals surface area (Å²) >= 11 is 12.3. The van der Waals surface area contributed by atoms with Gasteiger partial charge in [0.05, 0.1) is 36.4 Å². The number of nitrogens with one attached hydrogen (secondary N) is 1. The first kappa shape index (κ1) is 22.2. The number of ether oxygens (including phenoxy) is 1. The van der Waals surface area contributed by atoms with E-state index in [1.165, 1.54) is 0 Å². The molecule has 4 rings (SSSR count). The molecule has 0 radical (unpaired) electrons. The van der Waals surface area contributed by atoms with Gasteiger partial charge in [0.15, 0.2) is 0 Å². The van der Waals surface area contributed by atoms with E-state index in [9.17, 15) is 4.79 Å². The Bertz CT molecular complexity index is 1210. The van der Waals surface area contributed by atoms with E-state index < -0.39 is 6.10 Å². The minimum Gasteiger partial charge on any atom is -0.496 e. The number of benzene rings is 2. The predicted molar refractivity (Wildman–Crippen MR) is 125 cm³/mol. The molecule has 0 spiro atoms. The van der Waals surface area contributed by atoms with Crippen LogP contribution < -0.4 is 10.1 Å². The highest BCUT2D eigenvalue weighted by Crippen LogP contribution is 2.27. The predicted octanol–water partition coefficient (Wildman–Crippen LogP) is 5.00. The quantitative estimate of drug-likeness (QED) is 0.547. The number of aryl methyl sites for hydroxylation is 1. The molecule has 7 nitrogen and oxygen atoms in total. The van der Waals surface area contributed by atoms with Crippen LogP contribution in [0.25, 0.3) is 0 Å². The maximum absolute atomic E-state index is 12.9. The van der Waals surface area contributed by atoms with Crippen molar-refractivity contribution in [2.75, 3.05) is 12.4 Å². The maximum atomic E-state index is 12.9. The van der Waals surface area contributed by atoms with E-state index in [1.807, 2.05) is 44.2 Å². The molecule has 0 saturated carbocycles. The summed E-state index contributed by atoms with van der Waals surface area (Å²) in [5, 5.41) is 12.8. The molecule has 0 unspecified atom stereocenters. The number of carbonyl (C=O) groups is 1. The normalized spacial score (nSPS) is 15.3. The standard InChI is InChI=1S/C23H22Cl2N4O3/c1-13-22(14(2)29(27-13)12-15-8-9-16(24)10-18(15)25)26-23(30)21-11-19(28-32-21)17-6-4-5-7-20(17)31-3/h4-10,21H,11-12H2,1-3H3,(H,26,30)/t21-/m0/s1. The third kappa shape index (κ3) is 4.45. The first-order valence-corrected chi connectivity index (χ1v) is 10.8. The molecule has 0 saturated heterocycles. The lowest BCUT2D eigenvalue weighted by Crippen LogP contribution is -2.28. The third-order valence-electron chi connectivity index (χ3n) is 5.34. The molecule has 9 heteroatoms. The average molecular weight is 473 g/mol. The molecule has 1 atom stereocenters. The van der Waals surface area contributed by atoms with Crippen molar-refractivity contribution in [2.24, 2.45) is 5.16 Å². The van der Waals surface area contributed by atoms with Crippen LogP contribution in [0, 0.1) is 13.8 Å². The van der Waals surface area contributed by atoms with Crippen molar-refractivity contribution in [2.45, 2.75) is 32.9 Å². The molecule has 1 N–H and O–H groups in total. The monoisotopic (exact) mass is 472 g/mol. The van der Waals surface area contributed by atoms with Gasteiger partial charge in [-0.3, -0.25) is 9.48 Å². The highest BCUT2D eigenvalue weighted by molar-refractivity contribution is 6.35. The lowest BCUT2D eigenvalue weighted by Gasteiger charge is -2.11. The Balaban J connectivity index is 1.46. The van der Waals surface area contributed by atoms with Gasteiger partial charge in [-0.05, 0) is 43.7 Å². The van der Waals surface area contributed by atoms with Crippen LogP contribution in [0.5, 0.6) is 5.75 Å². The zero-order chi connectivity index (χ0) is 22.8. The first-order chi connectivity index (χ1) is 15.4. The molecule has 2 aromatic carbocycles. The fraction of sp³-hybridized carbons (Fsp3) is 0.261. The van der Waals surface area contributed by atoms with Crippen LogP contribution in [-0.2, 0) is 16.2 Å². The molecule has 2 heterocycles. The number of oxime groups is 1. The number of amides is 1. The second-order valence-electron chi connectivity index (χ2n) is 7.46. The fourth-order valence-corrected chi connectivity index (χ4v) is 4.08. The molecule has 1 aliphatic heterocycles. The Morgan fingerprint density at radius 3 is 2.78 bits per heavy atom. The number of hydrogen-bond acceptors (Lipinski definition) is 5. The smallest absolute Gasteiger partial charge is 0.268 e. The molecule has 0 bridgehead atoms. The van der Waals surface area contributed by atoms with Crippen molar-refractivity contribution in [3.8, 4) is 5.75 Å². The topological polar surface area (TPSA) is 77.7 Å². The molecular weight excluding hydrogens is 451 g/mol. The minimum absolute atomic E-state index is 0.283. The summed E-state index contributed by atoms with van der Waals surface area (Å²) in [5.74, 6) is 0.402. The van der Waals surface area contributed by atoms with Gasteiger partial charge in [0.2, 0.25) is 6.10 Å². The highest BCUT2D eigenvalue weighted by atomic mass is 35.5. The van der Waals surface area contributed by atoms with Crippen molar-refractivity contribution in [3.05, 3.63) is 75.0 Å². The number of anilines is 1. The Morgan fingerprint density at radius 1 is 1.25 bits per heavy atom. The van der Waals surface area contributed by atoms with Crippen LogP contribution in [-0.4, -0.2) is 34.6 Å².